The van der Waals surface area contributed by atoms with Crippen molar-refractivity contribution in [3.05, 3.63) is 12.7 Å². The van der Waals surface area contributed by atoms with Gasteiger partial charge < -0.3 is 9.68 Å². The van der Waals surface area contributed by atoms with E-state index >= 15 is 0 Å². The minimum absolute atomic E-state index is 0.0273. The summed E-state index contributed by atoms with van der Waals surface area (Å²) in [6.45, 7) is 7.50. The van der Waals surface area contributed by atoms with E-state index in [1.165, 1.54) is 17.3 Å². The Morgan fingerprint density at radius 1 is 1.17 bits per heavy atom. The first-order chi connectivity index (χ1) is 8.50. The molecule has 18 heavy (non-hydrogen) atoms. The fourth-order valence-corrected chi connectivity index (χ4v) is 1.18. The third kappa shape index (κ3) is 4.82. The van der Waals surface area contributed by atoms with Gasteiger partial charge in [-0.3, -0.25) is 0 Å². The van der Waals surface area contributed by atoms with Crippen LogP contribution in [0, 0.1) is 0 Å². The zero-order valence-corrected chi connectivity index (χ0v) is 12.3. The summed E-state index contributed by atoms with van der Waals surface area (Å²) in [5.74, 6) is 0.363. The van der Waals surface area contributed by atoms with Gasteiger partial charge in [0.2, 0.25) is 5.84 Å². The number of oxime groups is 2. The van der Waals surface area contributed by atoms with Gasteiger partial charge in [0.05, 0.1) is 0 Å². The molecule has 0 radical (unpaired) electrons. The quantitative estimate of drug-likeness (QED) is 0.473. The van der Waals surface area contributed by atoms with E-state index in [0.29, 0.717) is 10.5 Å². The molecule has 0 amide bonds. The van der Waals surface area contributed by atoms with Crippen LogP contribution in [0.4, 0.5) is 0 Å². The third-order valence-electron chi connectivity index (χ3n) is 1.51. The second kappa shape index (κ2) is 7.10. The largest absolute Gasteiger partial charge is 0.392 e. The normalized spacial score (nSPS) is 13.3. The van der Waals surface area contributed by atoms with Crippen LogP contribution in [-0.4, -0.2) is 37.4 Å². The van der Waals surface area contributed by atoms with Crippen molar-refractivity contribution in [2.24, 2.45) is 10.3 Å². The number of nitrogens with zero attached hydrogens (tertiary/aromatic N) is 5. The molecule has 100 valence electrons. The van der Waals surface area contributed by atoms with Gasteiger partial charge in [0.1, 0.15) is 24.9 Å². The molecule has 0 aliphatic carbocycles. The molecule has 0 spiro atoms. The van der Waals surface area contributed by atoms with Gasteiger partial charge in [0.25, 0.3) is 0 Å². The molecule has 0 saturated carbocycles. The standard InChI is InChI=1S/C10H16BrN5O2/c1-7(2)17-14-9(11)10(15-18-8(3)4)16-6-12-5-13-16/h5-8H,1-4H3. The molecule has 0 aliphatic rings. The number of halogens is 1. The summed E-state index contributed by atoms with van der Waals surface area (Å²) in [6, 6.07) is 0. The highest BCUT2D eigenvalue weighted by molar-refractivity contribution is 9.19. The predicted octanol–water partition coefficient (Wildman–Crippen LogP) is 2.00. The van der Waals surface area contributed by atoms with Crippen LogP contribution in [0.3, 0.4) is 0 Å². The lowest BCUT2D eigenvalue weighted by Crippen LogP contribution is -2.21. The van der Waals surface area contributed by atoms with E-state index in [0.717, 1.165) is 0 Å². The molecule has 0 aromatic carbocycles. The minimum Gasteiger partial charge on any atom is -0.392 e. The summed E-state index contributed by atoms with van der Waals surface area (Å²) in [5.41, 5.74) is 0. The number of rotatable bonds is 5. The van der Waals surface area contributed by atoms with Gasteiger partial charge in [-0.15, -0.1) is 0 Å². The smallest absolute Gasteiger partial charge is 0.230 e. The van der Waals surface area contributed by atoms with E-state index in [4.69, 9.17) is 9.68 Å². The molecule has 1 rings (SSSR count). The molecular formula is C10H16BrN5O2. The summed E-state index contributed by atoms with van der Waals surface area (Å²) in [6.07, 6.45) is 2.82. The van der Waals surface area contributed by atoms with Crippen LogP contribution in [-0.2, 0) is 9.68 Å². The predicted molar refractivity (Wildman–Crippen MR) is 71.7 cm³/mol. The highest BCUT2D eigenvalue weighted by Gasteiger charge is 2.12. The lowest BCUT2D eigenvalue weighted by Gasteiger charge is -2.07. The molecule has 0 fully saturated rings. The molecule has 8 heteroatoms. The highest BCUT2D eigenvalue weighted by Crippen LogP contribution is 2.02. The third-order valence-corrected chi connectivity index (χ3v) is 2.01. The van der Waals surface area contributed by atoms with Crippen molar-refractivity contribution in [1.82, 2.24) is 14.8 Å². The van der Waals surface area contributed by atoms with Crippen molar-refractivity contribution < 1.29 is 9.68 Å². The zero-order chi connectivity index (χ0) is 13.5. The van der Waals surface area contributed by atoms with Gasteiger partial charge in [-0.05, 0) is 43.6 Å². The molecule has 0 bridgehead atoms. The molecule has 0 unspecified atom stereocenters. The molecule has 0 aliphatic heterocycles. The first kappa shape index (κ1) is 14.6. The lowest BCUT2D eigenvalue weighted by molar-refractivity contribution is 0.0830. The maximum absolute atomic E-state index is 5.19. The Kier molecular flexibility index (Phi) is 5.76. The molecule has 0 atom stereocenters. The fourth-order valence-electron chi connectivity index (χ4n) is 0.839. The van der Waals surface area contributed by atoms with Crippen molar-refractivity contribution in [1.29, 1.82) is 0 Å². The Morgan fingerprint density at radius 2 is 1.78 bits per heavy atom. The van der Waals surface area contributed by atoms with Gasteiger partial charge in [-0.1, -0.05) is 10.3 Å². The molecule has 0 N–H and O–H groups in total. The maximum atomic E-state index is 5.19. The maximum Gasteiger partial charge on any atom is 0.230 e. The van der Waals surface area contributed by atoms with Gasteiger partial charge in [0, 0.05) is 0 Å². The van der Waals surface area contributed by atoms with Crippen LogP contribution in [0.15, 0.2) is 23.0 Å². The van der Waals surface area contributed by atoms with Crippen LogP contribution in [0.2, 0.25) is 0 Å². The minimum atomic E-state index is -0.0464. The second-order valence-corrected chi connectivity index (χ2v) is 4.70. The Hall–Kier alpha value is -1.44. The van der Waals surface area contributed by atoms with E-state index in [-0.39, 0.29) is 12.2 Å². The number of aromatic nitrogens is 3. The average Bonchev–Trinajstić information content (AvgIpc) is 2.79. The highest BCUT2D eigenvalue weighted by atomic mass is 79.9. The van der Waals surface area contributed by atoms with E-state index in [9.17, 15) is 0 Å². The average molecular weight is 318 g/mol. The zero-order valence-electron chi connectivity index (χ0n) is 10.7. The molecule has 1 aromatic heterocycles. The number of hydrogen-bond acceptors (Lipinski definition) is 6. The van der Waals surface area contributed by atoms with Crippen LogP contribution in [0.1, 0.15) is 27.7 Å². The van der Waals surface area contributed by atoms with Crippen LogP contribution in [0.25, 0.3) is 0 Å². The summed E-state index contributed by atoms with van der Waals surface area (Å²) >= 11 is 3.27. The summed E-state index contributed by atoms with van der Waals surface area (Å²) in [7, 11) is 0. The Bertz CT molecular complexity index is 414. The van der Waals surface area contributed by atoms with E-state index < -0.39 is 0 Å². The first-order valence-electron chi connectivity index (χ1n) is 5.49. The van der Waals surface area contributed by atoms with E-state index in [1.54, 1.807) is 0 Å². The number of hydrogen-bond donors (Lipinski definition) is 0. The lowest BCUT2D eigenvalue weighted by atomic mass is 10.5. The Morgan fingerprint density at radius 3 is 2.28 bits per heavy atom. The Labute approximate surface area is 114 Å². The Balaban J connectivity index is 2.91. The monoisotopic (exact) mass is 317 g/mol. The van der Waals surface area contributed by atoms with E-state index in [1.807, 2.05) is 27.7 Å². The van der Waals surface area contributed by atoms with Crippen molar-refractivity contribution in [2.45, 2.75) is 39.9 Å². The fraction of sp³-hybridized carbons (Fsp3) is 0.600. The van der Waals surface area contributed by atoms with Gasteiger partial charge in [0.15, 0.2) is 4.62 Å². The van der Waals surface area contributed by atoms with Gasteiger partial charge in [-0.2, -0.15) is 9.78 Å². The summed E-state index contributed by atoms with van der Waals surface area (Å²) < 4.78 is 1.81. The van der Waals surface area contributed by atoms with Crippen LogP contribution < -0.4 is 0 Å². The molecule has 1 aromatic rings. The van der Waals surface area contributed by atoms with Crippen LogP contribution >= 0.6 is 15.9 Å². The van der Waals surface area contributed by atoms with Gasteiger partial charge >= 0.3 is 0 Å². The van der Waals surface area contributed by atoms with Crippen molar-refractivity contribution >= 4 is 26.4 Å². The van der Waals surface area contributed by atoms with Crippen molar-refractivity contribution in [2.75, 3.05) is 0 Å². The van der Waals surface area contributed by atoms with Crippen molar-refractivity contribution in [3.8, 4) is 0 Å². The summed E-state index contributed by atoms with van der Waals surface area (Å²) in [5, 5.41) is 11.8. The van der Waals surface area contributed by atoms with Gasteiger partial charge in [-0.25, -0.2) is 4.98 Å². The van der Waals surface area contributed by atoms with Crippen molar-refractivity contribution in [3.63, 3.8) is 0 Å². The SMILES string of the molecule is CC(C)ON=C(Br)C(=NOC(C)C)n1cncn1. The molecule has 0 saturated heterocycles. The first-order valence-corrected chi connectivity index (χ1v) is 6.28. The molecule has 7 nitrogen and oxygen atoms in total. The molecular weight excluding hydrogens is 302 g/mol. The summed E-state index contributed by atoms with van der Waals surface area (Å²) in [4.78, 5) is 14.2. The van der Waals surface area contributed by atoms with Crippen LogP contribution in [0.5, 0.6) is 0 Å². The topological polar surface area (TPSA) is 73.9 Å². The second-order valence-electron chi connectivity index (χ2n) is 3.95. The van der Waals surface area contributed by atoms with E-state index in [2.05, 4.69) is 36.3 Å². The molecule has 1 heterocycles.